The van der Waals surface area contributed by atoms with Crippen LogP contribution < -0.4 is 0 Å². The minimum absolute atomic E-state index is 0.00563. The summed E-state index contributed by atoms with van der Waals surface area (Å²) in [6.07, 6.45) is 4.27. The largest absolute Gasteiger partial charge is 0.508 e. The Hall–Kier alpha value is -3.15. The van der Waals surface area contributed by atoms with Crippen LogP contribution in [0.5, 0.6) is 5.75 Å². The van der Waals surface area contributed by atoms with Crippen LogP contribution in [0.15, 0.2) is 78.9 Å². The van der Waals surface area contributed by atoms with Crippen molar-refractivity contribution in [1.29, 1.82) is 0 Å². The van der Waals surface area contributed by atoms with Crippen molar-refractivity contribution in [3.8, 4) is 5.75 Å². The summed E-state index contributed by atoms with van der Waals surface area (Å²) in [5.41, 5.74) is 1.68. The molecule has 0 radical (unpaired) electrons. The summed E-state index contributed by atoms with van der Waals surface area (Å²) in [6.45, 7) is 0.472. The van der Waals surface area contributed by atoms with Crippen LogP contribution in [0, 0.1) is 5.92 Å². The molecule has 3 atom stereocenters. The van der Waals surface area contributed by atoms with Crippen LogP contribution >= 0.6 is 0 Å². The fraction of sp³-hybridized carbons (Fsp3) is 0.269. The number of phenolic OH excluding ortho intramolecular Hbond substituents is 1. The molecule has 160 valence electrons. The minimum Gasteiger partial charge on any atom is -0.508 e. The van der Waals surface area contributed by atoms with Crippen molar-refractivity contribution in [2.24, 2.45) is 5.92 Å². The average Bonchev–Trinajstić information content (AvgIpc) is 2.79. The first-order chi connectivity index (χ1) is 15.1. The van der Waals surface area contributed by atoms with Gasteiger partial charge in [0, 0.05) is 23.5 Å². The van der Waals surface area contributed by atoms with E-state index in [9.17, 15) is 9.90 Å². The molecule has 0 saturated carbocycles. The molecular weight excluding hydrogens is 392 g/mol. The molecule has 1 aliphatic heterocycles. The summed E-state index contributed by atoms with van der Waals surface area (Å²) in [5, 5.41) is 21.5. The van der Waals surface area contributed by atoms with Gasteiger partial charge in [0.1, 0.15) is 5.75 Å². The Morgan fingerprint density at radius 2 is 1.77 bits per heavy atom. The van der Waals surface area contributed by atoms with Crippen LogP contribution in [0.25, 0.3) is 10.8 Å². The second kappa shape index (κ2) is 9.77. The highest BCUT2D eigenvalue weighted by Gasteiger charge is 2.34. The fourth-order valence-corrected chi connectivity index (χ4v) is 3.95. The van der Waals surface area contributed by atoms with Gasteiger partial charge >= 0.3 is 5.97 Å². The van der Waals surface area contributed by atoms with Crippen molar-refractivity contribution in [3.05, 3.63) is 90.0 Å². The molecule has 3 aromatic rings. The first-order valence-electron chi connectivity index (χ1n) is 10.5. The highest BCUT2D eigenvalue weighted by molar-refractivity contribution is 5.83. The zero-order valence-corrected chi connectivity index (χ0v) is 17.2. The third kappa shape index (κ3) is 5.13. The van der Waals surface area contributed by atoms with Crippen LogP contribution in [0.3, 0.4) is 0 Å². The number of aliphatic carboxylic acids is 1. The van der Waals surface area contributed by atoms with Gasteiger partial charge in [0.05, 0.1) is 12.7 Å². The number of benzene rings is 3. The molecule has 2 N–H and O–H groups in total. The number of fused-ring (bicyclic) bond motifs is 1. The Bertz CT molecular complexity index is 1070. The van der Waals surface area contributed by atoms with Crippen LogP contribution in [0.2, 0.25) is 0 Å². The van der Waals surface area contributed by atoms with Crippen LogP contribution in [-0.2, 0) is 14.3 Å². The lowest BCUT2D eigenvalue weighted by molar-refractivity contribution is -0.244. The smallest absolute Gasteiger partial charge is 0.303 e. The Morgan fingerprint density at radius 3 is 2.58 bits per heavy atom. The zero-order chi connectivity index (χ0) is 21.6. The molecule has 31 heavy (non-hydrogen) atoms. The van der Waals surface area contributed by atoms with E-state index in [2.05, 4.69) is 24.3 Å². The molecule has 1 heterocycles. The number of para-hydroxylation sites is 1. The summed E-state index contributed by atoms with van der Waals surface area (Å²) >= 11 is 0. The van der Waals surface area contributed by atoms with Gasteiger partial charge in [0.15, 0.2) is 6.29 Å². The molecule has 0 bridgehead atoms. The van der Waals surface area contributed by atoms with Crippen LogP contribution in [-0.4, -0.2) is 22.8 Å². The van der Waals surface area contributed by atoms with Crippen molar-refractivity contribution in [2.75, 3.05) is 6.61 Å². The van der Waals surface area contributed by atoms with E-state index >= 15 is 0 Å². The summed E-state index contributed by atoms with van der Waals surface area (Å²) in [6, 6.07) is 21.5. The Kier molecular flexibility index (Phi) is 6.65. The predicted molar refractivity (Wildman–Crippen MR) is 119 cm³/mol. The van der Waals surface area contributed by atoms with Gasteiger partial charge in [-0.05, 0) is 35.7 Å². The maximum Gasteiger partial charge on any atom is 0.303 e. The zero-order valence-electron chi connectivity index (χ0n) is 17.2. The van der Waals surface area contributed by atoms with E-state index in [-0.39, 0.29) is 24.2 Å². The average molecular weight is 418 g/mol. The van der Waals surface area contributed by atoms with Gasteiger partial charge in [-0.25, -0.2) is 0 Å². The second-order valence-corrected chi connectivity index (χ2v) is 7.79. The van der Waals surface area contributed by atoms with E-state index < -0.39 is 12.3 Å². The van der Waals surface area contributed by atoms with Crippen molar-refractivity contribution in [2.45, 2.75) is 31.7 Å². The van der Waals surface area contributed by atoms with Crippen molar-refractivity contribution >= 4 is 16.7 Å². The van der Waals surface area contributed by atoms with E-state index in [1.807, 2.05) is 42.5 Å². The molecule has 1 aliphatic rings. The molecular formula is C26H26O5. The van der Waals surface area contributed by atoms with Gasteiger partial charge in [-0.15, -0.1) is 0 Å². The molecule has 5 nitrogen and oxygen atoms in total. The van der Waals surface area contributed by atoms with E-state index in [0.29, 0.717) is 19.4 Å². The highest BCUT2D eigenvalue weighted by Crippen LogP contribution is 2.42. The molecule has 4 rings (SSSR count). The number of allylic oxidation sites excluding steroid dienone is 2. The number of carbonyl (C=O) groups is 1. The van der Waals surface area contributed by atoms with Crippen molar-refractivity contribution in [1.82, 2.24) is 0 Å². The SMILES string of the molecule is O=C(O)CC/C=C\C[C@@H]1CO[C@H](c2ccc3ccccc3c2)O[C@@H]1c1ccccc1O. The monoisotopic (exact) mass is 418 g/mol. The number of ether oxygens (including phenoxy) is 2. The third-order valence-corrected chi connectivity index (χ3v) is 5.58. The summed E-state index contributed by atoms with van der Waals surface area (Å²) < 4.78 is 12.5. The summed E-state index contributed by atoms with van der Waals surface area (Å²) in [7, 11) is 0. The van der Waals surface area contributed by atoms with Crippen molar-refractivity contribution < 1.29 is 24.5 Å². The molecule has 0 amide bonds. The standard InChI is InChI=1S/C26H26O5/c27-23-12-7-6-11-22(23)25-21(10-2-1-3-13-24(28)29)17-30-26(31-25)20-15-14-18-8-4-5-9-19(18)16-20/h1-2,4-9,11-12,14-16,21,25-27H,3,10,13,17H2,(H,28,29)/b2-1-/t21-,25+,26+/m1/s1. The second-order valence-electron chi connectivity index (χ2n) is 7.79. The van der Waals surface area contributed by atoms with Gasteiger partial charge < -0.3 is 19.7 Å². The number of rotatable bonds is 7. The molecule has 1 fully saturated rings. The number of aromatic hydroxyl groups is 1. The quantitative estimate of drug-likeness (QED) is 0.477. The van der Waals surface area contributed by atoms with Crippen molar-refractivity contribution in [3.63, 3.8) is 0 Å². The normalized spacial score (nSPS) is 21.5. The molecule has 3 aromatic carbocycles. The first-order valence-corrected chi connectivity index (χ1v) is 10.5. The van der Waals surface area contributed by atoms with Crippen LogP contribution in [0.4, 0.5) is 0 Å². The number of hydrogen-bond donors (Lipinski definition) is 2. The highest BCUT2D eigenvalue weighted by atomic mass is 16.7. The summed E-state index contributed by atoms with van der Waals surface area (Å²) in [4.78, 5) is 10.7. The van der Waals surface area contributed by atoms with E-state index in [1.54, 1.807) is 12.1 Å². The van der Waals surface area contributed by atoms with Gasteiger partial charge in [-0.3, -0.25) is 4.79 Å². The molecule has 0 unspecified atom stereocenters. The third-order valence-electron chi connectivity index (χ3n) is 5.58. The van der Waals surface area contributed by atoms with Crippen LogP contribution in [0.1, 0.15) is 42.8 Å². The van der Waals surface area contributed by atoms with E-state index in [4.69, 9.17) is 14.6 Å². The summed E-state index contributed by atoms with van der Waals surface area (Å²) in [5.74, 6) is -0.600. The Balaban J connectivity index is 1.54. The molecule has 5 heteroatoms. The predicted octanol–water partition coefficient (Wildman–Crippen LogP) is 5.76. The molecule has 0 aromatic heterocycles. The fourth-order valence-electron chi connectivity index (χ4n) is 3.95. The first kappa shape index (κ1) is 21.1. The van der Waals surface area contributed by atoms with Gasteiger partial charge in [0.25, 0.3) is 0 Å². The Labute approximate surface area is 181 Å². The van der Waals surface area contributed by atoms with E-state index in [0.717, 1.165) is 21.9 Å². The van der Waals surface area contributed by atoms with E-state index in [1.165, 1.54) is 0 Å². The minimum atomic E-state index is -0.806. The maximum atomic E-state index is 10.7. The lowest BCUT2D eigenvalue weighted by atomic mass is 9.91. The number of phenols is 1. The molecule has 1 saturated heterocycles. The lowest BCUT2D eigenvalue weighted by Gasteiger charge is -2.37. The van der Waals surface area contributed by atoms with Gasteiger partial charge in [0.2, 0.25) is 0 Å². The molecule has 0 aliphatic carbocycles. The van der Waals surface area contributed by atoms with Gasteiger partial charge in [-0.2, -0.15) is 0 Å². The number of hydrogen-bond acceptors (Lipinski definition) is 4. The maximum absolute atomic E-state index is 10.7. The topological polar surface area (TPSA) is 76.0 Å². The lowest BCUT2D eigenvalue weighted by Crippen LogP contribution is -2.30. The Morgan fingerprint density at radius 1 is 1.00 bits per heavy atom. The molecule has 0 spiro atoms. The number of carboxylic acid groups (broad SMARTS) is 1. The number of carboxylic acids is 1. The van der Waals surface area contributed by atoms with Gasteiger partial charge in [-0.1, -0.05) is 66.7 Å².